The second-order valence-electron chi connectivity index (χ2n) is 9.76. The molecule has 2 N–H and O–H groups in total. The lowest BCUT2D eigenvalue weighted by atomic mass is 9.73. The summed E-state index contributed by atoms with van der Waals surface area (Å²) in [6.45, 7) is 3.94. The number of benzene rings is 2. The lowest BCUT2D eigenvalue weighted by Gasteiger charge is -2.36. The van der Waals surface area contributed by atoms with E-state index in [-0.39, 0.29) is 17.6 Å². The third kappa shape index (κ3) is 5.16. The van der Waals surface area contributed by atoms with Crippen LogP contribution in [0.4, 0.5) is 5.69 Å². The SMILES string of the molecule is COc1ccc(NC(=O)C2=C(C)NC3=C(C(=O)C[C@H](c4ccc(OC)c(OC)c4)C3)[C@H]2c2ccc(C)s2)cc1. The molecule has 0 saturated heterocycles. The molecule has 202 valence electrons. The van der Waals surface area contributed by atoms with Gasteiger partial charge in [-0.05, 0) is 80.3 Å². The van der Waals surface area contributed by atoms with Gasteiger partial charge in [-0.3, -0.25) is 9.59 Å². The lowest BCUT2D eigenvalue weighted by molar-refractivity contribution is -0.116. The summed E-state index contributed by atoms with van der Waals surface area (Å²) in [5.74, 6) is 1.36. The Bertz CT molecular complexity index is 1480. The highest BCUT2D eigenvalue weighted by molar-refractivity contribution is 7.12. The minimum Gasteiger partial charge on any atom is -0.497 e. The fourth-order valence-electron chi connectivity index (χ4n) is 5.45. The summed E-state index contributed by atoms with van der Waals surface area (Å²) in [7, 11) is 4.82. The molecule has 1 amide bonds. The van der Waals surface area contributed by atoms with Crippen LogP contribution in [0.1, 0.15) is 46.9 Å². The van der Waals surface area contributed by atoms with Crippen LogP contribution in [0.5, 0.6) is 17.2 Å². The number of dihydropyridines is 1. The van der Waals surface area contributed by atoms with Crippen molar-refractivity contribution in [3.05, 3.63) is 92.5 Å². The van der Waals surface area contributed by atoms with Gasteiger partial charge in [0.2, 0.25) is 0 Å². The second-order valence-corrected chi connectivity index (χ2v) is 11.1. The molecule has 1 aromatic heterocycles. The first-order valence-corrected chi connectivity index (χ1v) is 13.6. The van der Waals surface area contributed by atoms with E-state index in [1.165, 1.54) is 0 Å². The first-order valence-electron chi connectivity index (χ1n) is 12.8. The molecule has 0 unspecified atom stereocenters. The van der Waals surface area contributed by atoms with Crippen molar-refractivity contribution in [3.8, 4) is 17.2 Å². The quantitative estimate of drug-likeness (QED) is 0.375. The molecule has 7 nitrogen and oxygen atoms in total. The van der Waals surface area contributed by atoms with Gasteiger partial charge in [-0.1, -0.05) is 6.07 Å². The van der Waals surface area contributed by atoms with Crippen LogP contribution in [0.3, 0.4) is 0 Å². The van der Waals surface area contributed by atoms with E-state index in [2.05, 4.69) is 10.6 Å². The van der Waals surface area contributed by atoms with E-state index in [1.807, 2.05) is 44.2 Å². The van der Waals surface area contributed by atoms with Gasteiger partial charge in [0.05, 0.1) is 27.2 Å². The highest BCUT2D eigenvalue weighted by Gasteiger charge is 2.41. The molecular formula is C31H32N2O5S. The molecule has 2 aliphatic rings. The molecule has 2 atom stereocenters. The van der Waals surface area contributed by atoms with E-state index in [0.717, 1.165) is 26.7 Å². The number of ketones is 1. The van der Waals surface area contributed by atoms with Crippen LogP contribution in [-0.2, 0) is 9.59 Å². The Kier molecular flexibility index (Phi) is 7.48. The van der Waals surface area contributed by atoms with Crippen molar-refractivity contribution in [3.63, 3.8) is 0 Å². The molecule has 2 aromatic carbocycles. The highest BCUT2D eigenvalue weighted by Crippen LogP contribution is 2.47. The van der Waals surface area contributed by atoms with Gasteiger partial charge < -0.3 is 24.8 Å². The van der Waals surface area contributed by atoms with Crippen LogP contribution in [0.15, 0.2) is 77.1 Å². The number of carbonyl (C=O) groups excluding carboxylic acids is 2. The predicted octanol–water partition coefficient (Wildman–Crippen LogP) is 6.08. The largest absolute Gasteiger partial charge is 0.497 e. The van der Waals surface area contributed by atoms with Crippen LogP contribution < -0.4 is 24.8 Å². The Morgan fingerprint density at radius 1 is 0.923 bits per heavy atom. The zero-order chi connectivity index (χ0) is 27.7. The Hall–Kier alpha value is -4.04. The van der Waals surface area contributed by atoms with Crippen LogP contribution in [0, 0.1) is 6.92 Å². The molecule has 0 bridgehead atoms. The normalized spacial score (nSPS) is 18.8. The standard InChI is InChI=1S/C31H32N2O5S/c1-17-6-13-27(39-17)30-28(31(35)33-21-8-10-22(36-3)11-9-21)18(2)32-23-14-20(15-24(34)29(23)30)19-7-12-25(37-4)26(16-19)38-5/h6-13,16,20,30,32H,14-15H2,1-5H3,(H,33,35)/t20-,30+/m1/s1. The van der Waals surface area contributed by atoms with Crippen LogP contribution in [0.2, 0.25) is 0 Å². The summed E-state index contributed by atoms with van der Waals surface area (Å²) in [6, 6.07) is 17.1. The summed E-state index contributed by atoms with van der Waals surface area (Å²) >= 11 is 1.62. The van der Waals surface area contributed by atoms with Gasteiger partial charge in [0.1, 0.15) is 5.75 Å². The van der Waals surface area contributed by atoms with E-state index in [0.29, 0.717) is 46.9 Å². The van der Waals surface area contributed by atoms with E-state index in [4.69, 9.17) is 14.2 Å². The van der Waals surface area contributed by atoms with Crippen molar-refractivity contribution in [2.75, 3.05) is 26.6 Å². The van der Waals surface area contributed by atoms with Crippen LogP contribution in [-0.4, -0.2) is 33.0 Å². The molecule has 1 aliphatic heterocycles. The Balaban J connectivity index is 1.50. The molecule has 2 heterocycles. The molecule has 5 rings (SSSR count). The first-order chi connectivity index (χ1) is 18.8. The molecule has 3 aromatic rings. The Morgan fingerprint density at radius 3 is 2.31 bits per heavy atom. The van der Waals surface area contributed by atoms with Crippen molar-refractivity contribution in [2.45, 2.75) is 38.5 Å². The van der Waals surface area contributed by atoms with Gasteiger partial charge in [-0.2, -0.15) is 0 Å². The maximum Gasteiger partial charge on any atom is 0.254 e. The smallest absolute Gasteiger partial charge is 0.254 e. The number of thiophene rings is 1. The number of allylic oxidation sites excluding steroid dienone is 3. The Labute approximate surface area is 232 Å². The van der Waals surface area contributed by atoms with Crippen LogP contribution >= 0.6 is 11.3 Å². The number of rotatable bonds is 7. The number of methoxy groups -OCH3 is 3. The number of anilines is 1. The van der Waals surface area contributed by atoms with Gasteiger partial charge in [0, 0.05) is 44.4 Å². The Morgan fingerprint density at radius 2 is 1.67 bits per heavy atom. The summed E-state index contributed by atoms with van der Waals surface area (Å²) in [5, 5.41) is 6.47. The van der Waals surface area contributed by atoms with Crippen molar-refractivity contribution in [2.24, 2.45) is 0 Å². The second kappa shape index (κ2) is 11.0. The van der Waals surface area contributed by atoms with Gasteiger partial charge >= 0.3 is 0 Å². The molecule has 1 aliphatic carbocycles. The lowest BCUT2D eigenvalue weighted by Crippen LogP contribution is -2.36. The minimum atomic E-state index is -0.433. The highest BCUT2D eigenvalue weighted by atomic mass is 32.1. The number of ether oxygens (including phenoxy) is 3. The first kappa shape index (κ1) is 26.6. The predicted molar refractivity (Wildman–Crippen MR) is 153 cm³/mol. The summed E-state index contributed by atoms with van der Waals surface area (Å²) < 4.78 is 16.1. The number of Topliss-reactive ketones (excluding diaryl/α,β-unsaturated/α-hetero) is 1. The molecular weight excluding hydrogens is 512 g/mol. The van der Waals surface area contributed by atoms with Gasteiger partial charge in [-0.15, -0.1) is 11.3 Å². The summed E-state index contributed by atoms with van der Waals surface area (Å²) in [6.07, 6.45) is 1.01. The molecule has 8 heteroatoms. The number of hydrogen-bond acceptors (Lipinski definition) is 7. The number of nitrogens with one attached hydrogen (secondary N) is 2. The molecule has 0 spiro atoms. The zero-order valence-electron chi connectivity index (χ0n) is 22.7. The topological polar surface area (TPSA) is 85.9 Å². The maximum atomic E-state index is 13.9. The monoisotopic (exact) mass is 544 g/mol. The third-order valence-electron chi connectivity index (χ3n) is 7.34. The maximum absolute atomic E-state index is 13.9. The third-order valence-corrected chi connectivity index (χ3v) is 8.41. The number of amides is 1. The molecule has 0 fully saturated rings. The van der Waals surface area contributed by atoms with E-state index >= 15 is 0 Å². The van der Waals surface area contributed by atoms with Gasteiger partial charge in [0.25, 0.3) is 5.91 Å². The van der Waals surface area contributed by atoms with E-state index in [1.54, 1.807) is 56.9 Å². The fraction of sp³-hybridized carbons (Fsp3) is 0.290. The average Bonchev–Trinajstić information content (AvgIpc) is 3.37. The molecule has 39 heavy (non-hydrogen) atoms. The number of aryl methyl sites for hydroxylation is 1. The fourth-order valence-corrected chi connectivity index (χ4v) is 6.45. The van der Waals surface area contributed by atoms with Crippen molar-refractivity contribution >= 4 is 28.7 Å². The molecule has 0 radical (unpaired) electrons. The zero-order valence-corrected chi connectivity index (χ0v) is 23.5. The van der Waals surface area contributed by atoms with Crippen molar-refractivity contribution in [1.29, 1.82) is 0 Å². The van der Waals surface area contributed by atoms with Gasteiger partial charge in [0.15, 0.2) is 17.3 Å². The summed E-state index contributed by atoms with van der Waals surface area (Å²) in [5.41, 5.74) is 4.54. The van der Waals surface area contributed by atoms with Gasteiger partial charge in [-0.25, -0.2) is 0 Å². The minimum absolute atomic E-state index is 0.0169. The van der Waals surface area contributed by atoms with Crippen molar-refractivity contribution in [1.82, 2.24) is 5.32 Å². The summed E-state index contributed by atoms with van der Waals surface area (Å²) in [4.78, 5) is 29.7. The van der Waals surface area contributed by atoms with Crippen molar-refractivity contribution < 1.29 is 23.8 Å². The van der Waals surface area contributed by atoms with E-state index in [9.17, 15) is 9.59 Å². The molecule has 0 saturated carbocycles. The van der Waals surface area contributed by atoms with E-state index < -0.39 is 5.92 Å². The van der Waals surface area contributed by atoms with Crippen LogP contribution in [0.25, 0.3) is 0 Å². The number of hydrogen-bond donors (Lipinski definition) is 2. The average molecular weight is 545 g/mol. The number of carbonyl (C=O) groups is 2.